The second-order valence-corrected chi connectivity index (χ2v) is 6.56. The summed E-state index contributed by atoms with van der Waals surface area (Å²) in [6.45, 7) is 12.0. The maximum Gasteiger partial charge on any atom is 0.0906 e. The summed E-state index contributed by atoms with van der Waals surface area (Å²) in [5, 5.41) is 3.68. The second kappa shape index (κ2) is 8.11. The van der Waals surface area contributed by atoms with E-state index in [1.54, 1.807) is 0 Å². The van der Waals surface area contributed by atoms with Crippen molar-refractivity contribution in [3.63, 3.8) is 0 Å². The molecule has 18 heavy (non-hydrogen) atoms. The van der Waals surface area contributed by atoms with Crippen molar-refractivity contribution < 1.29 is 4.39 Å². The summed E-state index contributed by atoms with van der Waals surface area (Å²) in [6, 6.07) is 1.19. The van der Waals surface area contributed by atoms with Crippen molar-refractivity contribution in [3.8, 4) is 0 Å². The Morgan fingerprint density at radius 1 is 1.17 bits per heavy atom. The SMILES string of the molecule is CC(C)CC1CN(CCCF)C(CC(C)C)CN1. The summed E-state index contributed by atoms with van der Waals surface area (Å²) >= 11 is 0. The van der Waals surface area contributed by atoms with Gasteiger partial charge in [0.1, 0.15) is 0 Å². The summed E-state index contributed by atoms with van der Waals surface area (Å²) in [5.74, 6) is 1.44. The fraction of sp³-hybridized carbons (Fsp3) is 1.00. The smallest absolute Gasteiger partial charge is 0.0906 e. The zero-order chi connectivity index (χ0) is 13.5. The highest BCUT2D eigenvalue weighted by molar-refractivity contribution is 4.87. The Bertz CT molecular complexity index is 219. The largest absolute Gasteiger partial charge is 0.311 e. The quantitative estimate of drug-likeness (QED) is 0.755. The maximum absolute atomic E-state index is 12.4. The van der Waals surface area contributed by atoms with E-state index in [-0.39, 0.29) is 6.67 Å². The molecule has 1 N–H and O–H groups in total. The summed E-state index contributed by atoms with van der Waals surface area (Å²) in [4.78, 5) is 2.52. The highest BCUT2D eigenvalue weighted by atomic mass is 19.1. The normalized spacial score (nSPS) is 26.2. The number of hydrogen-bond acceptors (Lipinski definition) is 2. The van der Waals surface area contributed by atoms with Crippen molar-refractivity contribution in [1.29, 1.82) is 0 Å². The first-order valence-corrected chi connectivity index (χ1v) is 7.56. The third kappa shape index (κ3) is 5.66. The fourth-order valence-electron chi connectivity index (χ4n) is 2.97. The molecule has 108 valence electrons. The number of nitrogens with one attached hydrogen (secondary N) is 1. The summed E-state index contributed by atoms with van der Waals surface area (Å²) in [5.41, 5.74) is 0. The molecule has 0 radical (unpaired) electrons. The molecule has 0 aromatic rings. The van der Waals surface area contributed by atoms with Crippen LogP contribution < -0.4 is 5.32 Å². The zero-order valence-corrected chi connectivity index (χ0v) is 12.6. The number of halogens is 1. The number of nitrogens with zero attached hydrogens (tertiary/aromatic N) is 1. The molecule has 1 fully saturated rings. The van der Waals surface area contributed by atoms with Crippen LogP contribution in [0.25, 0.3) is 0 Å². The Morgan fingerprint density at radius 3 is 2.39 bits per heavy atom. The summed E-state index contributed by atoms with van der Waals surface area (Å²) in [7, 11) is 0. The van der Waals surface area contributed by atoms with Gasteiger partial charge in [0.25, 0.3) is 0 Å². The first-order valence-electron chi connectivity index (χ1n) is 7.56. The molecule has 0 aromatic carbocycles. The van der Waals surface area contributed by atoms with Gasteiger partial charge in [-0.15, -0.1) is 0 Å². The molecule has 0 spiro atoms. The second-order valence-electron chi connectivity index (χ2n) is 6.56. The Morgan fingerprint density at radius 2 is 1.83 bits per heavy atom. The minimum Gasteiger partial charge on any atom is -0.311 e. The molecule has 3 heteroatoms. The lowest BCUT2D eigenvalue weighted by Gasteiger charge is -2.41. The minimum atomic E-state index is -0.187. The van der Waals surface area contributed by atoms with Gasteiger partial charge in [0.15, 0.2) is 0 Å². The highest BCUT2D eigenvalue weighted by Gasteiger charge is 2.28. The van der Waals surface area contributed by atoms with Crippen LogP contribution >= 0.6 is 0 Å². The lowest BCUT2D eigenvalue weighted by atomic mass is 9.95. The Balaban J connectivity index is 2.49. The summed E-state index contributed by atoms with van der Waals surface area (Å²) < 4.78 is 12.4. The van der Waals surface area contributed by atoms with E-state index < -0.39 is 0 Å². The lowest BCUT2D eigenvalue weighted by Crippen LogP contribution is -2.57. The van der Waals surface area contributed by atoms with Gasteiger partial charge in [0.2, 0.25) is 0 Å². The molecule has 1 heterocycles. The molecule has 1 aliphatic heterocycles. The van der Waals surface area contributed by atoms with Crippen molar-refractivity contribution in [2.24, 2.45) is 11.8 Å². The van der Waals surface area contributed by atoms with Crippen molar-refractivity contribution in [3.05, 3.63) is 0 Å². The van der Waals surface area contributed by atoms with Crippen molar-refractivity contribution >= 4 is 0 Å². The molecule has 0 amide bonds. The van der Waals surface area contributed by atoms with E-state index in [1.807, 2.05) is 0 Å². The molecule has 1 saturated heterocycles. The van der Waals surface area contributed by atoms with Gasteiger partial charge in [-0.2, -0.15) is 0 Å². The van der Waals surface area contributed by atoms with E-state index in [2.05, 4.69) is 37.9 Å². The monoisotopic (exact) mass is 258 g/mol. The summed E-state index contributed by atoms with van der Waals surface area (Å²) in [6.07, 6.45) is 3.12. The number of alkyl halides is 1. The highest BCUT2D eigenvalue weighted by Crippen LogP contribution is 2.18. The number of hydrogen-bond donors (Lipinski definition) is 1. The van der Waals surface area contributed by atoms with Crippen molar-refractivity contribution in [2.75, 3.05) is 26.3 Å². The van der Waals surface area contributed by atoms with E-state index in [0.29, 0.717) is 24.4 Å². The molecular formula is C15H31FN2. The molecule has 2 unspecified atom stereocenters. The van der Waals surface area contributed by atoms with Gasteiger partial charge < -0.3 is 5.32 Å². The lowest BCUT2D eigenvalue weighted by molar-refractivity contribution is 0.103. The van der Waals surface area contributed by atoms with E-state index >= 15 is 0 Å². The Labute approximate surface area is 112 Å². The van der Waals surface area contributed by atoms with Crippen LogP contribution in [0.3, 0.4) is 0 Å². The maximum atomic E-state index is 12.4. The van der Waals surface area contributed by atoms with Crippen LogP contribution in [0.2, 0.25) is 0 Å². The van der Waals surface area contributed by atoms with Gasteiger partial charge in [-0.05, 0) is 31.1 Å². The molecule has 2 atom stereocenters. The van der Waals surface area contributed by atoms with Gasteiger partial charge in [-0.25, -0.2) is 0 Å². The first kappa shape index (κ1) is 15.9. The van der Waals surface area contributed by atoms with E-state index in [9.17, 15) is 4.39 Å². The third-order valence-electron chi connectivity index (χ3n) is 3.69. The van der Waals surface area contributed by atoms with Gasteiger partial charge in [0.05, 0.1) is 6.67 Å². The molecule has 0 aromatic heterocycles. The predicted molar refractivity (Wildman–Crippen MR) is 76.7 cm³/mol. The van der Waals surface area contributed by atoms with Crippen molar-refractivity contribution in [1.82, 2.24) is 10.2 Å². The Kier molecular flexibility index (Phi) is 7.16. The van der Waals surface area contributed by atoms with Crippen molar-refractivity contribution in [2.45, 2.75) is 59.0 Å². The van der Waals surface area contributed by atoms with Gasteiger partial charge in [0, 0.05) is 31.7 Å². The van der Waals surface area contributed by atoms with Gasteiger partial charge >= 0.3 is 0 Å². The van der Waals surface area contributed by atoms with Crippen LogP contribution in [-0.4, -0.2) is 43.3 Å². The average Bonchev–Trinajstić information content (AvgIpc) is 2.27. The molecule has 1 aliphatic rings. The molecule has 0 bridgehead atoms. The zero-order valence-electron chi connectivity index (χ0n) is 12.6. The van der Waals surface area contributed by atoms with Crippen LogP contribution in [0, 0.1) is 11.8 Å². The van der Waals surface area contributed by atoms with E-state index in [0.717, 1.165) is 25.6 Å². The van der Waals surface area contributed by atoms with Crippen LogP contribution in [0.4, 0.5) is 4.39 Å². The Hall–Kier alpha value is -0.150. The first-order chi connectivity index (χ1) is 8.52. The minimum absolute atomic E-state index is 0.187. The molecule has 0 saturated carbocycles. The fourth-order valence-corrected chi connectivity index (χ4v) is 2.97. The van der Waals surface area contributed by atoms with Gasteiger partial charge in [-0.1, -0.05) is 27.7 Å². The van der Waals surface area contributed by atoms with Crippen LogP contribution in [0.5, 0.6) is 0 Å². The molecular weight excluding hydrogens is 227 g/mol. The standard InChI is InChI=1S/C15H31FN2/c1-12(2)8-14-11-18(7-5-6-16)15(10-17-14)9-13(3)4/h12-15,17H,5-11H2,1-4H3. The number of rotatable bonds is 7. The van der Waals surface area contributed by atoms with E-state index in [4.69, 9.17) is 0 Å². The third-order valence-corrected chi connectivity index (χ3v) is 3.69. The van der Waals surface area contributed by atoms with Crippen LogP contribution in [0.1, 0.15) is 47.0 Å². The predicted octanol–water partition coefficient (Wildman–Crippen LogP) is 3.08. The number of piperazine rings is 1. The average molecular weight is 258 g/mol. The van der Waals surface area contributed by atoms with Crippen LogP contribution in [0.15, 0.2) is 0 Å². The molecule has 1 rings (SSSR count). The van der Waals surface area contributed by atoms with Crippen LogP contribution in [-0.2, 0) is 0 Å². The topological polar surface area (TPSA) is 15.3 Å². The van der Waals surface area contributed by atoms with Gasteiger partial charge in [-0.3, -0.25) is 9.29 Å². The van der Waals surface area contributed by atoms with E-state index in [1.165, 1.54) is 12.8 Å². The molecule has 2 nitrogen and oxygen atoms in total. The molecule has 0 aliphatic carbocycles.